The molecule has 32 heavy (non-hydrogen) atoms. The molecule has 0 atom stereocenters. The van der Waals surface area contributed by atoms with Crippen LogP contribution in [0.1, 0.15) is 60.0 Å². The molecule has 0 spiro atoms. The van der Waals surface area contributed by atoms with Crippen molar-refractivity contribution in [2.45, 2.75) is 40.7 Å². The van der Waals surface area contributed by atoms with Crippen LogP contribution in [0.2, 0.25) is 0 Å². The molecule has 1 aliphatic heterocycles. The van der Waals surface area contributed by atoms with Gasteiger partial charge in [0.15, 0.2) is 0 Å². The van der Waals surface area contributed by atoms with Crippen LogP contribution in [-0.4, -0.2) is 54.0 Å². The van der Waals surface area contributed by atoms with Crippen molar-refractivity contribution in [2.24, 2.45) is 5.92 Å². The normalized spacial score (nSPS) is 14.2. The summed E-state index contributed by atoms with van der Waals surface area (Å²) in [6.45, 7) is 12.9. The number of para-hydroxylation sites is 1. The van der Waals surface area contributed by atoms with E-state index in [9.17, 15) is 14.4 Å². The molecule has 7 nitrogen and oxygen atoms in total. The summed E-state index contributed by atoms with van der Waals surface area (Å²) >= 11 is 0. The van der Waals surface area contributed by atoms with Crippen LogP contribution in [0.4, 0.5) is 5.69 Å². The van der Waals surface area contributed by atoms with Gasteiger partial charge in [0.1, 0.15) is 11.1 Å². The second-order valence-electron chi connectivity index (χ2n) is 9.13. The van der Waals surface area contributed by atoms with Gasteiger partial charge in [0.25, 0.3) is 11.8 Å². The highest BCUT2D eigenvalue weighted by atomic mass is 16.2. The molecule has 3 rings (SSSR count). The van der Waals surface area contributed by atoms with Crippen LogP contribution in [-0.2, 0) is 0 Å². The van der Waals surface area contributed by atoms with Crippen LogP contribution in [0, 0.1) is 12.8 Å². The predicted octanol–water partition coefficient (Wildman–Crippen LogP) is 3.09. The smallest absolute Gasteiger partial charge is 0.259 e. The topological polar surface area (TPSA) is 74.7 Å². The van der Waals surface area contributed by atoms with Gasteiger partial charge in [-0.3, -0.25) is 14.4 Å². The summed E-state index contributed by atoms with van der Waals surface area (Å²) in [7, 11) is 0. The summed E-state index contributed by atoms with van der Waals surface area (Å²) in [6, 6.07) is 8.22. The minimum atomic E-state index is -0.505. The summed E-state index contributed by atoms with van der Waals surface area (Å²) in [6.07, 6.45) is 3.14. The van der Waals surface area contributed by atoms with Gasteiger partial charge < -0.3 is 19.7 Å². The molecule has 7 heteroatoms. The van der Waals surface area contributed by atoms with Crippen molar-refractivity contribution < 1.29 is 9.59 Å². The second kappa shape index (κ2) is 10.0. The van der Waals surface area contributed by atoms with Crippen molar-refractivity contribution >= 4 is 17.5 Å². The molecule has 172 valence electrons. The fraction of sp³-hybridized carbons (Fsp3) is 0.480. The highest BCUT2D eigenvalue weighted by Crippen LogP contribution is 2.21. The maximum Gasteiger partial charge on any atom is 0.259 e. The number of pyridine rings is 1. The van der Waals surface area contributed by atoms with Crippen molar-refractivity contribution in [1.82, 2.24) is 14.8 Å². The number of aromatic nitrogens is 1. The highest BCUT2D eigenvalue weighted by Gasteiger charge is 2.27. The highest BCUT2D eigenvalue weighted by molar-refractivity contribution is 5.99. The first-order valence-corrected chi connectivity index (χ1v) is 11.3. The molecule has 1 N–H and O–H groups in total. The third-order valence-corrected chi connectivity index (χ3v) is 5.81. The van der Waals surface area contributed by atoms with Crippen LogP contribution in [0.5, 0.6) is 0 Å². The molecule has 1 fully saturated rings. The zero-order chi connectivity index (χ0) is 23.4. The van der Waals surface area contributed by atoms with Gasteiger partial charge in [-0.25, -0.2) is 0 Å². The molecule has 0 aliphatic carbocycles. The van der Waals surface area contributed by atoms with E-state index in [-0.39, 0.29) is 29.0 Å². The number of piperazine rings is 1. The summed E-state index contributed by atoms with van der Waals surface area (Å²) in [5.41, 5.74) is 1.94. The summed E-state index contributed by atoms with van der Waals surface area (Å²) in [4.78, 5) is 43.1. The van der Waals surface area contributed by atoms with Crippen LogP contribution >= 0.6 is 0 Å². The van der Waals surface area contributed by atoms with Gasteiger partial charge in [0.2, 0.25) is 5.43 Å². The molecule has 1 saturated heterocycles. The minimum absolute atomic E-state index is 0.0108. The number of anilines is 1. The monoisotopic (exact) mass is 438 g/mol. The van der Waals surface area contributed by atoms with Crippen molar-refractivity contribution in [3.05, 3.63) is 63.6 Å². The number of hydrogen-bond acceptors (Lipinski definition) is 4. The van der Waals surface area contributed by atoms with Gasteiger partial charge in [-0.05, 0) is 38.3 Å². The molecule has 0 bridgehead atoms. The Hall–Kier alpha value is -3.09. The van der Waals surface area contributed by atoms with E-state index in [0.717, 1.165) is 0 Å². The molecular weight excluding hydrogens is 404 g/mol. The van der Waals surface area contributed by atoms with Gasteiger partial charge in [-0.2, -0.15) is 0 Å². The number of aryl methyl sites for hydroxylation is 1. The number of carbonyl (C=O) groups is 2. The molecule has 2 heterocycles. The third kappa shape index (κ3) is 5.21. The fourth-order valence-corrected chi connectivity index (χ4v) is 3.84. The lowest BCUT2D eigenvalue weighted by Crippen LogP contribution is -2.50. The van der Waals surface area contributed by atoms with Crippen LogP contribution in [0.3, 0.4) is 0 Å². The minimum Gasteiger partial charge on any atom is -0.368 e. The van der Waals surface area contributed by atoms with E-state index >= 15 is 0 Å². The average Bonchev–Trinajstić information content (AvgIpc) is 2.77. The van der Waals surface area contributed by atoms with E-state index in [1.165, 1.54) is 11.3 Å². The van der Waals surface area contributed by atoms with Crippen molar-refractivity contribution in [2.75, 3.05) is 37.6 Å². The lowest BCUT2D eigenvalue weighted by Gasteiger charge is -2.36. The van der Waals surface area contributed by atoms with Crippen molar-refractivity contribution in [3.63, 3.8) is 0 Å². The zero-order valence-electron chi connectivity index (χ0n) is 19.7. The third-order valence-electron chi connectivity index (χ3n) is 5.81. The molecule has 0 unspecified atom stereocenters. The van der Waals surface area contributed by atoms with E-state index < -0.39 is 11.3 Å². The summed E-state index contributed by atoms with van der Waals surface area (Å²) in [5, 5.41) is 2.80. The Kier molecular flexibility index (Phi) is 7.38. The van der Waals surface area contributed by atoms with Crippen LogP contribution in [0.15, 0.2) is 41.5 Å². The number of hydrogen-bond donors (Lipinski definition) is 1. The number of benzene rings is 1. The Balaban J connectivity index is 1.82. The van der Waals surface area contributed by atoms with Crippen LogP contribution < -0.4 is 15.6 Å². The van der Waals surface area contributed by atoms with Gasteiger partial charge in [-0.1, -0.05) is 32.0 Å². The average molecular weight is 439 g/mol. The first kappa shape index (κ1) is 23.6. The first-order chi connectivity index (χ1) is 15.2. The van der Waals surface area contributed by atoms with Gasteiger partial charge in [0.05, 0.1) is 0 Å². The van der Waals surface area contributed by atoms with Gasteiger partial charge >= 0.3 is 0 Å². The Bertz CT molecular complexity index is 1030. The molecule has 0 saturated carbocycles. The number of nitrogens with zero attached hydrogens (tertiary/aromatic N) is 3. The molecule has 2 amide bonds. The Morgan fingerprint density at radius 2 is 1.59 bits per heavy atom. The van der Waals surface area contributed by atoms with E-state index in [4.69, 9.17) is 0 Å². The molecular formula is C25H34N4O3. The second-order valence-corrected chi connectivity index (χ2v) is 9.13. The molecule has 2 aromatic rings. The number of carbonyl (C=O) groups excluding carboxylic acids is 2. The molecule has 0 radical (unpaired) electrons. The first-order valence-electron chi connectivity index (χ1n) is 11.3. The zero-order valence-corrected chi connectivity index (χ0v) is 19.7. The Labute approximate surface area is 190 Å². The SMILES string of the molecule is Cc1ccccc1N1CCN(C(=O)c2cn(C(C)C)cc(C(=O)NCC(C)C)c2=O)CC1. The maximum absolute atomic E-state index is 13.3. The predicted molar refractivity (Wildman–Crippen MR) is 128 cm³/mol. The maximum atomic E-state index is 13.3. The molecule has 1 aliphatic rings. The summed E-state index contributed by atoms with van der Waals surface area (Å²) in [5.74, 6) is -0.481. The van der Waals surface area contributed by atoms with Gasteiger partial charge in [0, 0.05) is 56.8 Å². The van der Waals surface area contributed by atoms with E-state index in [0.29, 0.717) is 32.7 Å². The molecule has 1 aromatic carbocycles. The number of nitrogens with one attached hydrogen (secondary N) is 1. The summed E-state index contributed by atoms with van der Waals surface area (Å²) < 4.78 is 1.77. The standard InChI is InChI=1S/C25H34N4O3/c1-17(2)14-26-24(31)20-15-29(18(3)4)16-21(23(20)30)25(32)28-12-10-27(11-13-28)22-9-7-6-8-19(22)5/h6-9,15-18H,10-14H2,1-5H3,(H,26,31). The van der Waals surface area contributed by atoms with Crippen LogP contribution in [0.25, 0.3) is 0 Å². The lowest BCUT2D eigenvalue weighted by molar-refractivity contribution is 0.0744. The lowest BCUT2D eigenvalue weighted by atomic mass is 10.1. The Morgan fingerprint density at radius 1 is 0.969 bits per heavy atom. The van der Waals surface area contributed by atoms with E-state index in [2.05, 4.69) is 29.3 Å². The fourth-order valence-electron chi connectivity index (χ4n) is 3.84. The van der Waals surface area contributed by atoms with Gasteiger partial charge in [-0.15, -0.1) is 0 Å². The van der Waals surface area contributed by atoms with Crippen molar-refractivity contribution in [1.29, 1.82) is 0 Å². The largest absolute Gasteiger partial charge is 0.368 e. The van der Waals surface area contributed by atoms with E-state index in [1.807, 2.05) is 39.8 Å². The Morgan fingerprint density at radius 3 is 2.19 bits per heavy atom. The quantitative estimate of drug-likeness (QED) is 0.752. The van der Waals surface area contributed by atoms with E-state index in [1.54, 1.807) is 21.9 Å². The molecule has 1 aromatic heterocycles. The number of rotatable bonds is 6. The van der Waals surface area contributed by atoms with Crippen molar-refractivity contribution in [3.8, 4) is 0 Å². The number of amides is 2.